The number of sulfone groups is 1. The number of benzene rings is 2. The van der Waals surface area contributed by atoms with Crippen molar-refractivity contribution in [2.24, 2.45) is 0 Å². The Labute approximate surface area is 201 Å². The third-order valence-electron chi connectivity index (χ3n) is 5.69. The molecule has 1 fully saturated rings. The van der Waals surface area contributed by atoms with Crippen LogP contribution in [0.4, 0.5) is 16.0 Å². The van der Waals surface area contributed by atoms with Gasteiger partial charge in [-0.25, -0.2) is 12.8 Å². The molecule has 0 unspecified atom stereocenters. The Balaban J connectivity index is 1.45. The number of hydrogen-bond acceptors (Lipinski definition) is 8. The van der Waals surface area contributed by atoms with Gasteiger partial charge < -0.3 is 19.0 Å². The van der Waals surface area contributed by atoms with Gasteiger partial charge in [0, 0.05) is 31.9 Å². The lowest BCUT2D eigenvalue weighted by molar-refractivity contribution is 0.415. The second-order valence-corrected chi connectivity index (χ2v) is 10.5. The predicted octanol–water partition coefficient (Wildman–Crippen LogP) is 4.71. The van der Waals surface area contributed by atoms with E-state index in [0.29, 0.717) is 26.2 Å². The van der Waals surface area contributed by atoms with Crippen molar-refractivity contribution in [1.82, 2.24) is 4.98 Å². The number of oxazole rings is 1. The maximum Gasteiger partial charge on any atom is 0.240 e. The Morgan fingerprint density at radius 3 is 2.26 bits per heavy atom. The zero-order chi connectivity index (χ0) is 23.7. The van der Waals surface area contributed by atoms with Crippen LogP contribution in [0.2, 0.25) is 0 Å². The third-order valence-corrected chi connectivity index (χ3v) is 8.22. The van der Waals surface area contributed by atoms with Crippen molar-refractivity contribution in [3.8, 4) is 16.5 Å². The number of ether oxygens (including phenoxy) is 1. The summed E-state index contributed by atoms with van der Waals surface area (Å²) in [6, 6.07) is 16.3. The lowest BCUT2D eigenvalue weighted by Crippen LogP contribution is -2.46. The Kier molecular flexibility index (Phi) is 6.01. The van der Waals surface area contributed by atoms with Gasteiger partial charge in [0.05, 0.1) is 16.9 Å². The van der Waals surface area contributed by atoms with Crippen LogP contribution in [0.15, 0.2) is 80.4 Å². The second kappa shape index (κ2) is 9.11. The number of rotatable bonds is 6. The minimum atomic E-state index is -4.02. The highest BCUT2D eigenvalue weighted by Crippen LogP contribution is 2.36. The molecule has 4 aromatic rings. The summed E-state index contributed by atoms with van der Waals surface area (Å²) in [5.41, 5.74) is 1.07. The molecule has 0 atom stereocenters. The molecule has 5 rings (SSSR count). The number of aromatic nitrogens is 1. The summed E-state index contributed by atoms with van der Waals surface area (Å²) >= 11 is 1.42. The monoisotopic (exact) mass is 499 g/mol. The fraction of sp³-hybridized carbons (Fsp3) is 0.208. The quantitative estimate of drug-likeness (QED) is 0.356. The third kappa shape index (κ3) is 4.26. The molecule has 0 aliphatic carbocycles. The zero-order valence-corrected chi connectivity index (χ0v) is 20.0. The van der Waals surface area contributed by atoms with E-state index in [4.69, 9.17) is 9.15 Å². The Morgan fingerprint density at radius 1 is 0.971 bits per heavy atom. The summed E-state index contributed by atoms with van der Waals surface area (Å²) in [5.74, 6) is 0.749. The van der Waals surface area contributed by atoms with Crippen molar-refractivity contribution >= 4 is 32.7 Å². The number of thiophene rings is 1. The van der Waals surface area contributed by atoms with Gasteiger partial charge in [0.2, 0.25) is 26.6 Å². The summed E-state index contributed by atoms with van der Waals surface area (Å²) in [5, 5.41) is 1.72. The maximum atomic E-state index is 13.4. The van der Waals surface area contributed by atoms with Crippen LogP contribution in [0.25, 0.3) is 10.8 Å². The molecule has 0 amide bonds. The van der Waals surface area contributed by atoms with Crippen LogP contribution in [0.1, 0.15) is 0 Å². The van der Waals surface area contributed by atoms with Gasteiger partial charge in [-0.2, -0.15) is 4.98 Å². The molecule has 1 saturated heterocycles. The van der Waals surface area contributed by atoms with Crippen LogP contribution in [0.3, 0.4) is 0 Å². The van der Waals surface area contributed by atoms with Crippen molar-refractivity contribution in [3.05, 3.63) is 71.9 Å². The van der Waals surface area contributed by atoms with Crippen LogP contribution >= 0.6 is 11.3 Å². The van der Waals surface area contributed by atoms with E-state index < -0.39 is 15.7 Å². The molecule has 0 spiro atoms. The summed E-state index contributed by atoms with van der Waals surface area (Å²) in [6.45, 7) is 2.46. The first-order valence-electron chi connectivity index (χ1n) is 10.6. The first-order chi connectivity index (χ1) is 16.5. The van der Waals surface area contributed by atoms with E-state index in [9.17, 15) is 12.8 Å². The topological polar surface area (TPSA) is 75.9 Å². The van der Waals surface area contributed by atoms with Gasteiger partial charge in [-0.05, 0) is 60.0 Å². The molecule has 0 saturated carbocycles. The van der Waals surface area contributed by atoms with Crippen LogP contribution in [-0.4, -0.2) is 46.7 Å². The fourth-order valence-corrected chi connectivity index (χ4v) is 5.84. The lowest BCUT2D eigenvalue weighted by atomic mass is 10.2. The largest absolute Gasteiger partial charge is 0.497 e. The Bertz CT molecular complexity index is 1360. The molecule has 1 aliphatic heterocycles. The van der Waals surface area contributed by atoms with Crippen LogP contribution < -0.4 is 14.5 Å². The van der Waals surface area contributed by atoms with Gasteiger partial charge in [-0.1, -0.05) is 6.07 Å². The van der Waals surface area contributed by atoms with Crippen molar-refractivity contribution in [2.75, 3.05) is 43.1 Å². The lowest BCUT2D eigenvalue weighted by Gasteiger charge is -2.36. The highest BCUT2D eigenvalue weighted by molar-refractivity contribution is 7.91. The van der Waals surface area contributed by atoms with Crippen molar-refractivity contribution in [3.63, 3.8) is 0 Å². The molecule has 0 radical (unpaired) electrons. The normalized spacial score (nSPS) is 14.4. The second-order valence-electron chi connectivity index (χ2n) is 7.74. The van der Waals surface area contributed by atoms with E-state index >= 15 is 0 Å². The van der Waals surface area contributed by atoms with E-state index in [-0.39, 0.29) is 21.7 Å². The van der Waals surface area contributed by atoms with E-state index in [1.54, 1.807) is 7.11 Å². The Morgan fingerprint density at radius 2 is 1.65 bits per heavy atom. The fourth-order valence-electron chi connectivity index (χ4n) is 3.86. The molecule has 3 heterocycles. The van der Waals surface area contributed by atoms with Gasteiger partial charge in [-0.3, -0.25) is 0 Å². The summed E-state index contributed by atoms with van der Waals surface area (Å²) in [4.78, 5) is 9.22. The minimum Gasteiger partial charge on any atom is -0.497 e. The van der Waals surface area contributed by atoms with E-state index in [1.165, 1.54) is 23.5 Å². The molecule has 1 aliphatic rings. The van der Waals surface area contributed by atoms with Crippen molar-refractivity contribution in [2.45, 2.75) is 9.92 Å². The molecule has 0 bridgehead atoms. The molecule has 7 nitrogen and oxygen atoms in total. The summed E-state index contributed by atoms with van der Waals surface area (Å²) in [6.07, 6.45) is 0. The molecular formula is C24H22FN3O4S2. The van der Waals surface area contributed by atoms with E-state index in [0.717, 1.165) is 28.4 Å². The summed E-state index contributed by atoms with van der Waals surface area (Å²) in [7, 11) is -2.38. The first-order valence-corrected chi connectivity index (χ1v) is 13.0. The average Bonchev–Trinajstić information content (AvgIpc) is 3.55. The number of hydrogen-bond donors (Lipinski definition) is 0. The molecule has 176 valence electrons. The van der Waals surface area contributed by atoms with Gasteiger partial charge in [0.1, 0.15) is 11.6 Å². The summed E-state index contributed by atoms with van der Waals surface area (Å²) < 4.78 is 51.6. The molecule has 2 aromatic heterocycles. The SMILES string of the molecule is COc1ccc(N2CCN(c3oc(-c4cccs4)nc3S(=O)(=O)c3ccc(F)cc3)CC2)cc1. The highest BCUT2D eigenvalue weighted by atomic mass is 32.2. The number of methoxy groups -OCH3 is 1. The molecule has 34 heavy (non-hydrogen) atoms. The van der Waals surface area contributed by atoms with Gasteiger partial charge in [0.15, 0.2) is 0 Å². The van der Waals surface area contributed by atoms with Gasteiger partial charge in [-0.15, -0.1) is 11.3 Å². The van der Waals surface area contributed by atoms with E-state index in [2.05, 4.69) is 9.88 Å². The predicted molar refractivity (Wildman–Crippen MR) is 129 cm³/mol. The van der Waals surface area contributed by atoms with Crippen LogP contribution in [0, 0.1) is 5.82 Å². The maximum absolute atomic E-state index is 13.4. The van der Waals surface area contributed by atoms with Crippen LogP contribution in [-0.2, 0) is 9.84 Å². The highest BCUT2D eigenvalue weighted by Gasteiger charge is 2.33. The van der Waals surface area contributed by atoms with Crippen molar-refractivity contribution in [1.29, 1.82) is 0 Å². The van der Waals surface area contributed by atoms with Gasteiger partial charge >= 0.3 is 0 Å². The number of nitrogens with zero attached hydrogens (tertiary/aromatic N) is 3. The Hall–Kier alpha value is -3.37. The molecule has 10 heteroatoms. The first kappa shape index (κ1) is 22.4. The van der Waals surface area contributed by atoms with Gasteiger partial charge in [0.25, 0.3) is 0 Å². The zero-order valence-electron chi connectivity index (χ0n) is 18.3. The van der Waals surface area contributed by atoms with Crippen LogP contribution in [0.5, 0.6) is 5.75 Å². The number of halogens is 1. The molecular weight excluding hydrogens is 477 g/mol. The average molecular weight is 500 g/mol. The molecule has 0 N–H and O–H groups in total. The number of piperazine rings is 1. The molecule has 2 aromatic carbocycles. The van der Waals surface area contributed by atoms with E-state index in [1.807, 2.05) is 46.7 Å². The standard InChI is InChI=1S/C24H22FN3O4S2/c1-31-19-8-6-18(7-9-19)27-12-14-28(15-13-27)24-23(26-22(32-24)21-3-2-16-33-21)34(29,30)20-10-4-17(25)5-11-20/h2-11,16H,12-15H2,1H3. The minimum absolute atomic E-state index is 0.0296. The number of anilines is 2. The smallest absolute Gasteiger partial charge is 0.240 e. The van der Waals surface area contributed by atoms with Crippen molar-refractivity contribution < 1.29 is 22.0 Å².